The van der Waals surface area contributed by atoms with Crippen molar-refractivity contribution in [1.29, 1.82) is 0 Å². The molecule has 0 aliphatic carbocycles. The molecule has 3 aliphatic heterocycles. The molecule has 0 saturated carbocycles. The number of ether oxygens (including phenoxy) is 2. The van der Waals surface area contributed by atoms with Crippen molar-refractivity contribution in [3.05, 3.63) is 39.7 Å². The fraction of sp³-hybridized carbons (Fsp3) is 0.524. The number of imidazole rings is 2. The first-order valence-corrected chi connectivity index (χ1v) is 15.1. The molecule has 41 heavy (non-hydrogen) atoms. The minimum absolute atomic E-state index is 0.0260. The highest BCUT2D eigenvalue weighted by Crippen LogP contribution is 2.52. The molecule has 4 aromatic rings. The van der Waals surface area contributed by atoms with Crippen molar-refractivity contribution in [2.75, 3.05) is 12.3 Å². The molecule has 0 aromatic carbocycles. The lowest BCUT2D eigenvalue weighted by atomic mass is 9.91. The van der Waals surface area contributed by atoms with E-state index in [0.717, 1.165) is 0 Å². The van der Waals surface area contributed by atoms with Crippen LogP contribution in [-0.2, 0) is 30.3 Å². The number of nitrogen functional groups attached to an aromatic ring is 1. The smallest absolute Gasteiger partial charge is 0.325 e. The molecule has 4 aromatic heterocycles. The second-order valence-electron chi connectivity index (χ2n) is 9.97. The van der Waals surface area contributed by atoms with Gasteiger partial charge in [0.05, 0.1) is 37.8 Å². The average molecular weight is 612 g/mol. The van der Waals surface area contributed by atoms with E-state index in [1.54, 1.807) is 0 Å². The van der Waals surface area contributed by atoms with Crippen molar-refractivity contribution in [3.63, 3.8) is 0 Å². The number of halogens is 1. The van der Waals surface area contributed by atoms with Crippen molar-refractivity contribution in [1.82, 2.24) is 39.0 Å². The number of nitrogens with one attached hydrogen (secondary N) is 2. The molecule has 17 nitrogen and oxygen atoms in total. The number of aliphatic hydroxyl groups is 1. The third kappa shape index (κ3) is 4.40. The van der Waals surface area contributed by atoms with Gasteiger partial charge in [-0.15, -0.1) is 0 Å². The Kier molecular flexibility index (Phi) is 6.32. The first kappa shape index (κ1) is 26.7. The van der Waals surface area contributed by atoms with Crippen LogP contribution in [0.3, 0.4) is 0 Å². The van der Waals surface area contributed by atoms with E-state index in [2.05, 4.69) is 29.9 Å². The summed E-state index contributed by atoms with van der Waals surface area (Å²) < 4.78 is 42.1. The molecule has 7 heterocycles. The number of fused-ring (bicyclic) bond motifs is 5. The number of hydrogen-bond donors (Lipinski definition) is 5. The predicted octanol–water partition coefficient (Wildman–Crippen LogP) is -0.643. The Bertz CT molecular complexity index is 1810. The van der Waals surface area contributed by atoms with Crippen LogP contribution in [0.5, 0.6) is 0 Å². The summed E-state index contributed by atoms with van der Waals surface area (Å²) in [5.74, 6) is -0.946. The van der Waals surface area contributed by atoms with Gasteiger partial charge in [-0.25, -0.2) is 19.3 Å². The summed E-state index contributed by atoms with van der Waals surface area (Å²) in [6.07, 6.45) is -4.20. The van der Waals surface area contributed by atoms with Crippen LogP contribution in [-0.4, -0.2) is 86.2 Å². The van der Waals surface area contributed by atoms with Gasteiger partial charge in [-0.3, -0.25) is 28.2 Å². The highest BCUT2D eigenvalue weighted by Gasteiger charge is 2.52. The topological polar surface area (TPSA) is 231 Å². The maximum absolute atomic E-state index is 16.0. The molecule has 20 heteroatoms. The predicted molar refractivity (Wildman–Crippen MR) is 139 cm³/mol. The second kappa shape index (κ2) is 9.70. The quantitative estimate of drug-likeness (QED) is 0.178. The SMILES string of the molecule is Nc1nc2c(ncn2[C@@H]2OC3CC[C@H]4[C@@H](F)[C@H](n5cnc6c(=O)[nH]cnc65)O[C@@H]4COP(O)(=S)O[C@@H]2[C@@H]3O)c(=O)[nH]1. The van der Waals surface area contributed by atoms with Gasteiger partial charge in [0.2, 0.25) is 5.95 Å². The number of anilines is 1. The standard InChI is InChI=1S/C21H23FN9O8PS/c22-10-7-1-2-8-13(32)14(20(37-8)31-6-27-12-16(31)28-21(23)29-18(12)34)39-40(35,41)36-3-9(7)38-19(10)30-5-26-11-15(30)24-4-25-17(11)33/h4-10,13-14,19-20,32H,1-3H2,(H,35,41)(H,24,25,33)(H3,23,28,29,34)/t7-,8?,9-,10-,13-,14-,19-,20-,40?/m1/s1. The lowest BCUT2D eigenvalue weighted by molar-refractivity contribution is -0.0527. The molecule has 0 amide bonds. The Morgan fingerprint density at radius 3 is 2.54 bits per heavy atom. The minimum atomic E-state index is -4.05. The number of nitrogens with zero attached hydrogens (tertiary/aromatic N) is 6. The maximum Gasteiger partial charge on any atom is 0.325 e. The molecule has 6 N–H and O–H groups in total. The summed E-state index contributed by atoms with van der Waals surface area (Å²) in [4.78, 5) is 56.4. The van der Waals surface area contributed by atoms with Crippen molar-refractivity contribution >= 4 is 46.8 Å². The van der Waals surface area contributed by atoms with E-state index in [0.29, 0.717) is 0 Å². The van der Waals surface area contributed by atoms with E-state index in [-0.39, 0.29) is 47.7 Å². The highest BCUT2D eigenvalue weighted by molar-refractivity contribution is 8.07. The Labute approximate surface area is 232 Å². The van der Waals surface area contributed by atoms with Crippen molar-refractivity contribution in [3.8, 4) is 0 Å². The van der Waals surface area contributed by atoms with Crippen LogP contribution in [0.1, 0.15) is 25.3 Å². The molecule has 2 bridgehead atoms. The summed E-state index contributed by atoms with van der Waals surface area (Å²) in [6, 6.07) is 0. The molecule has 218 valence electrons. The minimum Gasteiger partial charge on any atom is -0.387 e. The number of aromatic amines is 2. The number of nitrogens with two attached hydrogens (primary N) is 1. The lowest BCUT2D eigenvalue weighted by Crippen LogP contribution is -2.34. The summed E-state index contributed by atoms with van der Waals surface area (Å²) in [5, 5.41) is 11.2. The molecule has 7 rings (SSSR count). The highest BCUT2D eigenvalue weighted by atomic mass is 32.5. The van der Waals surface area contributed by atoms with Crippen LogP contribution in [0.4, 0.5) is 10.3 Å². The Morgan fingerprint density at radius 1 is 1.05 bits per heavy atom. The zero-order valence-electron chi connectivity index (χ0n) is 20.8. The van der Waals surface area contributed by atoms with Gasteiger partial charge in [-0.2, -0.15) is 4.98 Å². The fourth-order valence-corrected chi connectivity index (χ4v) is 7.09. The van der Waals surface area contributed by atoms with Gasteiger partial charge < -0.3 is 34.7 Å². The molecule has 0 radical (unpaired) electrons. The summed E-state index contributed by atoms with van der Waals surface area (Å²) in [6.45, 7) is -4.36. The molecule has 3 fully saturated rings. The van der Waals surface area contributed by atoms with E-state index in [9.17, 15) is 19.6 Å². The Balaban J connectivity index is 1.21. The van der Waals surface area contributed by atoms with Crippen molar-refractivity contribution in [2.45, 2.75) is 55.9 Å². The average Bonchev–Trinajstić information content (AvgIpc) is 3.67. The van der Waals surface area contributed by atoms with Gasteiger partial charge in [-0.05, 0) is 24.6 Å². The summed E-state index contributed by atoms with van der Waals surface area (Å²) >= 11 is 5.23. The van der Waals surface area contributed by atoms with Crippen molar-refractivity contribution in [2.24, 2.45) is 5.92 Å². The lowest BCUT2D eigenvalue weighted by Gasteiger charge is -2.27. The summed E-state index contributed by atoms with van der Waals surface area (Å²) in [7, 11) is 0. The van der Waals surface area contributed by atoms with Crippen LogP contribution in [0.15, 0.2) is 28.6 Å². The maximum atomic E-state index is 16.0. The van der Waals surface area contributed by atoms with Gasteiger partial charge in [0.1, 0.15) is 12.2 Å². The third-order valence-electron chi connectivity index (χ3n) is 7.59. The first-order chi connectivity index (χ1) is 19.6. The molecule has 2 unspecified atom stereocenters. The summed E-state index contributed by atoms with van der Waals surface area (Å²) in [5.41, 5.74) is 4.85. The largest absolute Gasteiger partial charge is 0.387 e. The van der Waals surface area contributed by atoms with Crippen LogP contribution in [0, 0.1) is 5.92 Å². The van der Waals surface area contributed by atoms with Gasteiger partial charge in [-0.1, -0.05) is 0 Å². The first-order valence-electron chi connectivity index (χ1n) is 12.5. The third-order valence-corrected chi connectivity index (χ3v) is 9.15. The molecule has 3 saturated heterocycles. The molecule has 3 aliphatic rings. The van der Waals surface area contributed by atoms with E-state index < -0.39 is 66.8 Å². The monoisotopic (exact) mass is 611 g/mol. The van der Waals surface area contributed by atoms with E-state index in [1.807, 2.05) is 0 Å². The van der Waals surface area contributed by atoms with E-state index in [4.69, 9.17) is 36.1 Å². The Hall–Kier alpha value is -3.16. The van der Waals surface area contributed by atoms with Gasteiger partial charge >= 0.3 is 6.72 Å². The van der Waals surface area contributed by atoms with Crippen LogP contribution >= 0.6 is 6.72 Å². The number of alkyl halides is 1. The molecular weight excluding hydrogens is 588 g/mol. The van der Waals surface area contributed by atoms with Crippen LogP contribution < -0.4 is 16.9 Å². The zero-order valence-corrected chi connectivity index (χ0v) is 22.5. The van der Waals surface area contributed by atoms with Gasteiger partial charge in [0.15, 0.2) is 41.0 Å². The molecule has 0 spiro atoms. The van der Waals surface area contributed by atoms with E-state index in [1.165, 1.54) is 28.1 Å². The van der Waals surface area contributed by atoms with E-state index >= 15 is 4.39 Å². The number of aliphatic hydroxyl groups excluding tert-OH is 1. The van der Waals surface area contributed by atoms with Crippen LogP contribution in [0.25, 0.3) is 22.3 Å². The Morgan fingerprint density at radius 2 is 1.76 bits per heavy atom. The van der Waals surface area contributed by atoms with Crippen LogP contribution in [0.2, 0.25) is 0 Å². The second-order valence-corrected chi connectivity index (χ2v) is 12.8. The number of H-pyrrole nitrogens is 2. The molecular formula is C21H23FN9O8PS. The zero-order chi connectivity index (χ0) is 28.6. The van der Waals surface area contributed by atoms with Gasteiger partial charge in [0, 0.05) is 5.92 Å². The number of rotatable bonds is 2. The van der Waals surface area contributed by atoms with Gasteiger partial charge in [0.25, 0.3) is 11.1 Å². The van der Waals surface area contributed by atoms with Crippen molar-refractivity contribution < 1.29 is 32.9 Å². The normalized spacial score (nSPS) is 36.0. The molecule has 9 atom stereocenters. The number of hydrogen-bond acceptors (Lipinski definition) is 13. The number of aromatic nitrogens is 8. The fourth-order valence-electron chi connectivity index (χ4n) is 5.68.